The van der Waals surface area contributed by atoms with Crippen LogP contribution < -0.4 is 10.6 Å². The summed E-state index contributed by atoms with van der Waals surface area (Å²) in [7, 11) is 0. The quantitative estimate of drug-likeness (QED) is 0.865. The first-order chi connectivity index (χ1) is 9.34. The van der Waals surface area contributed by atoms with Gasteiger partial charge >= 0.3 is 0 Å². The molecule has 1 fully saturated rings. The second-order valence-corrected chi connectivity index (χ2v) is 5.02. The molecule has 0 saturated carbocycles. The Morgan fingerprint density at radius 1 is 1.11 bits per heavy atom. The van der Waals surface area contributed by atoms with E-state index in [0.29, 0.717) is 0 Å². The zero-order valence-electron chi connectivity index (χ0n) is 10.9. The third kappa shape index (κ3) is 2.61. The van der Waals surface area contributed by atoms with Crippen LogP contribution in [-0.4, -0.2) is 18.5 Å². The van der Waals surface area contributed by atoms with E-state index in [4.69, 9.17) is 0 Å². The number of nitrogens with one attached hydrogen (secondary N) is 2. The van der Waals surface area contributed by atoms with Gasteiger partial charge in [-0.05, 0) is 30.8 Å². The van der Waals surface area contributed by atoms with E-state index < -0.39 is 0 Å². The van der Waals surface area contributed by atoms with Crippen LogP contribution in [0.15, 0.2) is 42.5 Å². The normalized spacial score (nSPS) is 19.3. The molecule has 3 heteroatoms. The molecule has 1 aliphatic rings. The predicted molar refractivity (Wildman–Crippen MR) is 78.2 cm³/mol. The maximum absolute atomic E-state index is 12.2. The molecule has 3 rings (SSSR count). The largest absolute Gasteiger partial charge is 0.324 e. The molecule has 1 aliphatic heterocycles. The van der Waals surface area contributed by atoms with Crippen LogP contribution in [0.3, 0.4) is 0 Å². The Hall–Kier alpha value is -1.87. The number of hydrogen-bond acceptors (Lipinski definition) is 2. The van der Waals surface area contributed by atoms with Crippen molar-refractivity contribution in [1.29, 1.82) is 0 Å². The highest BCUT2D eigenvalue weighted by molar-refractivity contribution is 6.03. The van der Waals surface area contributed by atoms with Gasteiger partial charge in [0, 0.05) is 11.1 Å². The summed E-state index contributed by atoms with van der Waals surface area (Å²) >= 11 is 0. The number of hydrogen-bond donors (Lipinski definition) is 2. The molecule has 0 bridgehead atoms. The van der Waals surface area contributed by atoms with Crippen LogP contribution in [0, 0.1) is 0 Å². The number of amides is 1. The summed E-state index contributed by atoms with van der Waals surface area (Å²) in [6.45, 7) is 0.938. The Bertz CT molecular complexity index is 583. The predicted octanol–water partition coefficient (Wildman–Crippen LogP) is 2.92. The minimum absolute atomic E-state index is 0.0484. The fourth-order valence-electron chi connectivity index (χ4n) is 2.63. The Kier molecular flexibility index (Phi) is 3.47. The smallest absolute Gasteiger partial charge is 0.241 e. The molecule has 0 spiro atoms. The summed E-state index contributed by atoms with van der Waals surface area (Å²) in [5.41, 5.74) is 0.899. The van der Waals surface area contributed by atoms with Gasteiger partial charge in [0.1, 0.15) is 0 Å². The molecule has 2 aromatic carbocycles. The Morgan fingerprint density at radius 3 is 2.79 bits per heavy atom. The monoisotopic (exact) mass is 254 g/mol. The Balaban J connectivity index is 1.82. The molecule has 1 amide bonds. The highest BCUT2D eigenvalue weighted by atomic mass is 16.2. The van der Waals surface area contributed by atoms with Crippen molar-refractivity contribution in [3.05, 3.63) is 42.5 Å². The lowest BCUT2D eigenvalue weighted by molar-refractivity contribution is -0.118. The van der Waals surface area contributed by atoms with Crippen molar-refractivity contribution < 1.29 is 4.79 Å². The van der Waals surface area contributed by atoms with E-state index in [1.165, 1.54) is 0 Å². The van der Waals surface area contributed by atoms with Gasteiger partial charge in [-0.1, -0.05) is 42.8 Å². The number of fused-ring (bicyclic) bond motifs is 1. The van der Waals surface area contributed by atoms with E-state index >= 15 is 0 Å². The van der Waals surface area contributed by atoms with Gasteiger partial charge in [-0.25, -0.2) is 0 Å². The summed E-state index contributed by atoms with van der Waals surface area (Å²) in [6.07, 6.45) is 3.22. The summed E-state index contributed by atoms with van der Waals surface area (Å²) in [5.74, 6) is 0.0797. The Labute approximate surface area is 113 Å². The van der Waals surface area contributed by atoms with Gasteiger partial charge in [0.05, 0.1) is 6.04 Å². The van der Waals surface area contributed by atoms with E-state index in [-0.39, 0.29) is 11.9 Å². The minimum Gasteiger partial charge on any atom is -0.324 e. The first-order valence-corrected chi connectivity index (χ1v) is 6.86. The van der Waals surface area contributed by atoms with Gasteiger partial charge < -0.3 is 10.6 Å². The lowest BCUT2D eigenvalue weighted by Crippen LogP contribution is -2.43. The van der Waals surface area contributed by atoms with Crippen LogP contribution in [0.5, 0.6) is 0 Å². The number of carbonyl (C=O) groups excluding carboxylic acids is 1. The van der Waals surface area contributed by atoms with E-state index in [2.05, 4.69) is 22.8 Å². The molecule has 2 N–H and O–H groups in total. The van der Waals surface area contributed by atoms with Gasteiger partial charge in [0.25, 0.3) is 0 Å². The van der Waals surface area contributed by atoms with Crippen LogP contribution in [0.1, 0.15) is 19.3 Å². The number of piperidine rings is 1. The highest BCUT2D eigenvalue weighted by Gasteiger charge is 2.20. The molecule has 1 heterocycles. The number of benzene rings is 2. The van der Waals surface area contributed by atoms with Gasteiger partial charge in [-0.15, -0.1) is 0 Å². The maximum Gasteiger partial charge on any atom is 0.241 e. The molecule has 1 unspecified atom stereocenters. The number of anilines is 1. The standard InChI is InChI=1S/C16H18N2O/c19-16(15-9-3-4-11-17-15)18-14-10-5-7-12-6-1-2-8-13(12)14/h1-2,5-8,10,15,17H,3-4,9,11H2,(H,18,19). The molecule has 0 aliphatic carbocycles. The van der Waals surface area contributed by atoms with Crippen molar-refractivity contribution in [1.82, 2.24) is 5.32 Å². The molecule has 2 aromatic rings. The first-order valence-electron chi connectivity index (χ1n) is 6.86. The minimum atomic E-state index is -0.0484. The topological polar surface area (TPSA) is 41.1 Å². The molecule has 19 heavy (non-hydrogen) atoms. The summed E-state index contributed by atoms with van der Waals surface area (Å²) < 4.78 is 0. The van der Waals surface area contributed by atoms with Gasteiger partial charge in [0.2, 0.25) is 5.91 Å². The maximum atomic E-state index is 12.2. The molecular formula is C16H18N2O. The number of rotatable bonds is 2. The molecule has 98 valence electrons. The van der Waals surface area contributed by atoms with Gasteiger partial charge in [-0.3, -0.25) is 4.79 Å². The van der Waals surface area contributed by atoms with Crippen LogP contribution in [0.2, 0.25) is 0 Å². The summed E-state index contributed by atoms with van der Waals surface area (Å²) in [5, 5.41) is 8.57. The third-order valence-electron chi connectivity index (χ3n) is 3.67. The van der Waals surface area contributed by atoms with Crippen LogP contribution in [-0.2, 0) is 4.79 Å². The van der Waals surface area contributed by atoms with Crippen LogP contribution >= 0.6 is 0 Å². The van der Waals surface area contributed by atoms with Crippen molar-refractivity contribution >= 4 is 22.4 Å². The molecule has 3 nitrogen and oxygen atoms in total. The lowest BCUT2D eigenvalue weighted by Gasteiger charge is -2.22. The summed E-state index contributed by atoms with van der Waals surface area (Å²) in [4.78, 5) is 12.2. The van der Waals surface area contributed by atoms with Gasteiger partial charge in [-0.2, -0.15) is 0 Å². The van der Waals surface area contributed by atoms with Gasteiger partial charge in [0.15, 0.2) is 0 Å². The zero-order chi connectivity index (χ0) is 13.1. The van der Waals surface area contributed by atoms with E-state index in [1.54, 1.807) is 0 Å². The summed E-state index contributed by atoms with van der Waals surface area (Å²) in [6, 6.07) is 14.1. The average Bonchev–Trinajstić information content (AvgIpc) is 2.48. The molecular weight excluding hydrogens is 236 g/mol. The van der Waals surface area contributed by atoms with Crippen molar-refractivity contribution in [3.8, 4) is 0 Å². The molecule has 0 radical (unpaired) electrons. The van der Waals surface area contributed by atoms with Crippen molar-refractivity contribution in [2.75, 3.05) is 11.9 Å². The van der Waals surface area contributed by atoms with Crippen LogP contribution in [0.4, 0.5) is 5.69 Å². The van der Waals surface area contributed by atoms with E-state index in [1.807, 2.05) is 30.3 Å². The first kappa shape index (κ1) is 12.2. The zero-order valence-corrected chi connectivity index (χ0v) is 10.9. The van der Waals surface area contributed by atoms with E-state index in [9.17, 15) is 4.79 Å². The molecule has 1 saturated heterocycles. The van der Waals surface area contributed by atoms with Crippen molar-refractivity contribution in [2.45, 2.75) is 25.3 Å². The molecule has 1 atom stereocenters. The SMILES string of the molecule is O=C(Nc1cccc2ccccc12)C1CCCCN1. The second kappa shape index (κ2) is 5.41. The lowest BCUT2D eigenvalue weighted by atomic mass is 10.0. The fraction of sp³-hybridized carbons (Fsp3) is 0.312. The fourth-order valence-corrected chi connectivity index (χ4v) is 2.63. The Morgan fingerprint density at radius 2 is 1.95 bits per heavy atom. The van der Waals surface area contributed by atoms with Crippen molar-refractivity contribution in [3.63, 3.8) is 0 Å². The highest BCUT2D eigenvalue weighted by Crippen LogP contribution is 2.23. The average molecular weight is 254 g/mol. The number of carbonyl (C=O) groups is 1. The van der Waals surface area contributed by atoms with Crippen molar-refractivity contribution in [2.24, 2.45) is 0 Å². The third-order valence-corrected chi connectivity index (χ3v) is 3.67. The molecule has 0 aromatic heterocycles. The van der Waals surface area contributed by atoms with Crippen LogP contribution in [0.25, 0.3) is 10.8 Å². The van der Waals surface area contributed by atoms with E-state index in [0.717, 1.165) is 42.3 Å². The second-order valence-electron chi connectivity index (χ2n) is 5.02.